The minimum absolute atomic E-state index is 0.0500. The van der Waals surface area contributed by atoms with Gasteiger partial charge in [-0.3, -0.25) is 4.79 Å². The van der Waals surface area contributed by atoms with E-state index in [1.165, 1.54) is 6.92 Å². The fourth-order valence-electron chi connectivity index (χ4n) is 1.36. The minimum Gasteiger partial charge on any atom is -0.493 e. The number of nitrogens with zero attached hydrogens (tertiary/aromatic N) is 1. The van der Waals surface area contributed by atoms with E-state index in [9.17, 15) is 4.79 Å². The van der Waals surface area contributed by atoms with Crippen molar-refractivity contribution in [3.05, 3.63) is 28.8 Å². The first-order chi connectivity index (χ1) is 7.10. The predicted molar refractivity (Wildman–Crippen MR) is 57.1 cm³/mol. The molecule has 0 bridgehead atoms. The van der Waals surface area contributed by atoms with E-state index in [-0.39, 0.29) is 5.78 Å². The maximum Gasteiger partial charge on any atom is 0.163 e. The number of carbonyl (C=O) groups excluding carboxylic acids is 1. The highest BCUT2D eigenvalue weighted by Gasteiger charge is 2.11. The molecule has 0 amide bonds. The number of aryl methyl sites for hydroxylation is 1. The van der Waals surface area contributed by atoms with E-state index < -0.39 is 0 Å². The van der Waals surface area contributed by atoms with Crippen LogP contribution in [-0.4, -0.2) is 12.4 Å². The van der Waals surface area contributed by atoms with Crippen LogP contribution in [0.25, 0.3) is 0 Å². The fraction of sp³-hybridized carbons (Fsp3) is 0.333. The first-order valence-electron chi connectivity index (χ1n) is 4.78. The van der Waals surface area contributed by atoms with Crippen molar-refractivity contribution in [2.45, 2.75) is 20.8 Å². The topological polar surface area (TPSA) is 50.1 Å². The van der Waals surface area contributed by atoms with Gasteiger partial charge in [0.05, 0.1) is 23.8 Å². The van der Waals surface area contributed by atoms with Crippen LogP contribution in [-0.2, 0) is 0 Å². The average Bonchev–Trinajstić information content (AvgIpc) is 2.20. The van der Waals surface area contributed by atoms with Gasteiger partial charge in [-0.05, 0) is 38.5 Å². The first-order valence-corrected chi connectivity index (χ1v) is 4.78. The fourth-order valence-corrected chi connectivity index (χ4v) is 1.36. The number of nitriles is 1. The van der Waals surface area contributed by atoms with Crippen LogP contribution < -0.4 is 4.74 Å². The molecule has 1 aromatic carbocycles. The van der Waals surface area contributed by atoms with Crippen molar-refractivity contribution in [1.82, 2.24) is 0 Å². The number of benzene rings is 1. The van der Waals surface area contributed by atoms with E-state index in [0.717, 1.165) is 5.56 Å². The maximum absolute atomic E-state index is 11.3. The summed E-state index contributed by atoms with van der Waals surface area (Å²) in [6.07, 6.45) is 0. The third-order valence-electron chi connectivity index (χ3n) is 2.13. The van der Waals surface area contributed by atoms with Crippen LogP contribution >= 0.6 is 0 Å². The molecule has 0 aromatic heterocycles. The third-order valence-corrected chi connectivity index (χ3v) is 2.13. The molecule has 0 saturated carbocycles. The zero-order valence-corrected chi connectivity index (χ0v) is 9.13. The standard InChI is InChI=1S/C12H13NO2/c1-4-15-12-6-10(7-13)8(2)5-11(12)9(3)14/h5-6H,4H2,1-3H3. The quantitative estimate of drug-likeness (QED) is 0.709. The summed E-state index contributed by atoms with van der Waals surface area (Å²) in [7, 11) is 0. The van der Waals surface area contributed by atoms with E-state index in [1.807, 2.05) is 6.92 Å². The summed E-state index contributed by atoms with van der Waals surface area (Å²) in [5.74, 6) is 0.443. The number of ether oxygens (including phenoxy) is 1. The van der Waals surface area contributed by atoms with Crippen molar-refractivity contribution in [3.8, 4) is 11.8 Å². The van der Waals surface area contributed by atoms with Crippen molar-refractivity contribution in [2.24, 2.45) is 0 Å². The molecule has 0 unspecified atom stereocenters. The summed E-state index contributed by atoms with van der Waals surface area (Å²) < 4.78 is 5.32. The summed E-state index contributed by atoms with van der Waals surface area (Å²) in [5.41, 5.74) is 1.88. The zero-order chi connectivity index (χ0) is 11.4. The second kappa shape index (κ2) is 4.61. The number of rotatable bonds is 3. The molecule has 1 aromatic rings. The van der Waals surface area contributed by atoms with Gasteiger partial charge in [0.25, 0.3) is 0 Å². The van der Waals surface area contributed by atoms with E-state index in [0.29, 0.717) is 23.5 Å². The van der Waals surface area contributed by atoms with Gasteiger partial charge in [-0.2, -0.15) is 5.26 Å². The molecular weight excluding hydrogens is 190 g/mol. The lowest BCUT2D eigenvalue weighted by molar-refractivity contribution is 0.101. The smallest absolute Gasteiger partial charge is 0.163 e. The van der Waals surface area contributed by atoms with Gasteiger partial charge in [-0.25, -0.2) is 0 Å². The van der Waals surface area contributed by atoms with Gasteiger partial charge in [0, 0.05) is 0 Å². The van der Waals surface area contributed by atoms with Gasteiger partial charge in [0.2, 0.25) is 0 Å². The van der Waals surface area contributed by atoms with Gasteiger partial charge >= 0.3 is 0 Å². The van der Waals surface area contributed by atoms with E-state index in [1.54, 1.807) is 19.1 Å². The van der Waals surface area contributed by atoms with E-state index in [4.69, 9.17) is 10.00 Å². The monoisotopic (exact) mass is 203 g/mol. The lowest BCUT2D eigenvalue weighted by Crippen LogP contribution is -2.02. The van der Waals surface area contributed by atoms with Gasteiger partial charge in [0.15, 0.2) is 5.78 Å². The van der Waals surface area contributed by atoms with Gasteiger partial charge in [0.1, 0.15) is 5.75 Å². The van der Waals surface area contributed by atoms with Crippen LogP contribution in [0, 0.1) is 18.3 Å². The van der Waals surface area contributed by atoms with Gasteiger partial charge < -0.3 is 4.74 Å². The van der Waals surface area contributed by atoms with Crippen LogP contribution in [0.5, 0.6) is 5.75 Å². The molecule has 15 heavy (non-hydrogen) atoms. The molecule has 0 aliphatic heterocycles. The average molecular weight is 203 g/mol. The van der Waals surface area contributed by atoms with Crippen molar-refractivity contribution >= 4 is 5.78 Å². The molecule has 0 heterocycles. The molecule has 0 fully saturated rings. The summed E-state index contributed by atoms with van der Waals surface area (Å²) in [6, 6.07) is 5.39. The summed E-state index contributed by atoms with van der Waals surface area (Å²) in [4.78, 5) is 11.3. The number of ketones is 1. The number of hydrogen-bond donors (Lipinski definition) is 0. The summed E-state index contributed by atoms with van der Waals surface area (Å²) >= 11 is 0. The van der Waals surface area contributed by atoms with Gasteiger partial charge in [-0.15, -0.1) is 0 Å². The summed E-state index contributed by atoms with van der Waals surface area (Å²) in [6.45, 7) is 5.62. The molecular formula is C12H13NO2. The molecule has 0 atom stereocenters. The van der Waals surface area contributed by atoms with E-state index in [2.05, 4.69) is 6.07 Å². The molecule has 0 aliphatic rings. The largest absolute Gasteiger partial charge is 0.493 e. The first kappa shape index (κ1) is 11.3. The summed E-state index contributed by atoms with van der Waals surface area (Å²) in [5, 5.41) is 8.85. The number of carbonyl (C=O) groups is 1. The van der Waals surface area contributed by atoms with Crippen molar-refractivity contribution in [2.75, 3.05) is 6.61 Å². The SMILES string of the molecule is CCOc1cc(C#N)c(C)cc1C(C)=O. The Morgan fingerprint density at radius 3 is 2.67 bits per heavy atom. The Morgan fingerprint density at radius 2 is 2.20 bits per heavy atom. The van der Waals surface area contributed by atoms with Crippen LogP contribution in [0.15, 0.2) is 12.1 Å². The van der Waals surface area contributed by atoms with E-state index >= 15 is 0 Å². The Balaban J connectivity index is 3.33. The number of Topliss-reactive ketones (excluding diaryl/α,β-unsaturated/α-hetero) is 1. The highest BCUT2D eigenvalue weighted by atomic mass is 16.5. The third kappa shape index (κ3) is 2.35. The Morgan fingerprint density at radius 1 is 1.53 bits per heavy atom. The number of hydrogen-bond acceptors (Lipinski definition) is 3. The molecule has 3 nitrogen and oxygen atoms in total. The van der Waals surface area contributed by atoms with Crippen LogP contribution in [0.2, 0.25) is 0 Å². The lowest BCUT2D eigenvalue weighted by Gasteiger charge is -2.09. The Bertz CT molecular complexity index is 430. The highest BCUT2D eigenvalue weighted by molar-refractivity contribution is 5.97. The van der Waals surface area contributed by atoms with Crippen LogP contribution in [0.1, 0.15) is 35.3 Å². The zero-order valence-electron chi connectivity index (χ0n) is 9.13. The molecule has 0 N–H and O–H groups in total. The van der Waals surface area contributed by atoms with Crippen molar-refractivity contribution in [1.29, 1.82) is 5.26 Å². The normalized spacial score (nSPS) is 9.47. The molecule has 0 saturated heterocycles. The maximum atomic E-state index is 11.3. The Labute approximate surface area is 89.3 Å². The van der Waals surface area contributed by atoms with Gasteiger partial charge in [-0.1, -0.05) is 0 Å². The highest BCUT2D eigenvalue weighted by Crippen LogP contribution is 2.23. The second-order valence-corrected chi connectivity index (χ2v) is 3.26. The molecule has 1 rings (SSSR count). The molecule has 0 spiro atoms. The van der Waals surface area contributed by atoms with Crippen LogP contribution in [0.4, 0.5) is 0 Å². The van der Waals surface area contributed by atoms with Crippen molar-refractivity contribution in [3.63, 3.8) is 0 Å². The molecule has 78 valence electrons. The molecule has 3 heteroatoms. The predicted octanol–water partition coefficient (Wildman–Crippen LogP) is 2.47. The Hall–Kier alpha value is -1.82. The lowest BCUT2D eigenvalue weighted by atomic mass is 10.0. The second-order valence-electron chi connectivity index (χ2n) is 3.26. The van der Waals surface area contributed by atoms with Crippen molar-refractivity contribution < 1.29 is 9.53 Å². The minimum atomic E-state index is -0.0500. The van der Waals surface area contributed by atoms with Crippen LogP contribution in [0.3, 0.4) is 0 Å². The molecule has 0 aliphatic carbocycles. The molecule has 0 radical (unpaired) electrons. The Kier molecular flexibility index (Phi) is 3.46.